The highest BCUT2D eigenvalue weighted by molar-refractivity contribution is 5.96. The molecule has 0 spiro atoms. The minimum atomic E-state index is -2.70. The minimum absolute atomic E-state index is 0.0133. The maximum Gasteiger partial charge on any atom is 0.268 e. The zero-order valence-corrected chi connectivity index (χ0v) is 7.88. The van der Waals surface area contributed by atoms with Gasteiger partial charge < -0.3 is 4.74 Å². The summed E-state index contributed by atoms with van der Waals surface area (Å²) in [5, 5.41) is 0. The molecule has 0 radical (unpaired) electrons. The summed E-state index contributed by atoms with van der Waals surface area (Å²) in [5.41, 5.74) is -0.318. The van der Waals surface area contributed by atoms with Crippen LogP contribution in [0.5, 0.6) is 5.75 Å². The standard InChI is InChI=1S/C10H10F2O2/c1-6(13)7-4-3-5-8(14-2)9(7)10(11)12/h3-5,10H,1-2H3. The average molecular weight is 200 g/mol. The van der Waals surface area contributed by atoms with Crippen molar-refractivity contribution in [1.82, 2.24) is 0 Å². The molecule has 0 saturated carbocycles. The lowest BCUT2D eigenvalue weighted by molar-refractivity contribution is 0.0996. The van der Waals surface area contributed by atoms with Gasteiger partial charge in [-0.1, -0.05) is 12.1 Å². The second-order valence-electron chi connectivity index (χ2n) is 2.78. The summed E-state index contributed by atoms with van der Waals surface area (Å²) >= 11 is 0. The van der Waals surface area contributed by atoms with Crippen molar-refractivity contribution in [3.05, 3.63) is 29.3 Å². The molecule has 0 heterocycles. The van der Waals surface area contributed by atoms with Crippen LogP contribution in [-0.4, -0.2) is 12.9 Å². The summed E-state index contributed by atoms with van der Waals surface area (Å²) in [7, 11) is 1.30. The van der Waals surface area contributed by atoms with Crippen molar-refractivity contribution >= 4 is 5.78 Å². The Balaban J connectivity index is 3.35. The van der Waals surface area contributed by atoms with E-state index in [2.05, 4.69) is 0 Å². The number of carbonyl (C=O) groups is 1. The molecule has 0 aliphatic heterocycles. The number of benzene rings is 1. The highest BCUT2D eigenvalue weighted by Gasteiger charge is 2.20. The molecule has 4 heteroatoms. The second kappa shape index (κ2) is 4.17. The van der Waals surface area contributed by atoms with Crippen LogP contribution in [0.1, 0.15) is 29.3 Å². The molecule has 0 saturated heterocycles. The van der Waals surface area contributed by atoms with Crippen molar-refractivity contribution in [2.24, 2.45) is 0 Å². The first kappa shape index (κ1) is 10.6. The zero-order chi connectivity index (χ0) is 10.7. The predicted octanol–water partition coefficient (Wildman–Crippen LogP) is 2.84. The van der Waals surface area contributed by atoms with Crippen LogP contribution in [0.3, 0.4) is 0 Å². The van der Waals surface area contributed by atoms with E-state index in [1.807, 2.05) is 0 Å². The van der Waals surface area contributed by atoms with Gasteiger partial charge in [0, 0.05) is 5.56 Å². The molecule has 0 bridgehead atoms. The van der Waals surface area contributed by atoms with Gasteiger partial charge in [-0.15, -0.1) is 0 Å². The molecule has 1 aromatic carbocycles. The fourth-order valence-corrected chi connectivity index (χ4v) is 1.25. The van der Waals surface area contributed by atoms with Gasteiger partial charge in [-0.2, -0.15) is 0 Å². The molecule has 0 unspecified atom stereocenters. The van der Waals surface area contributed by atoms with Crippen LogP contribution in [0, 0.1) is 0 Å². The Kier molecular flexibility index (Phi) is 3.17. The highest BCUT2D eigenvalue weighted by Crippen LogP contribution is 2.32. The molecule has 0 atom stereocenters. The molecule has 0 aliphatic rings. The van der Waals surface area contributed by atoms with Gasteiger partial charge in [0.05, 0.1) is 12.7 Å². The molecule has 1 aromatic rings. The van der Waals surface area contributed by atoms with Crippen LogP contribution >= 0.6 is 0 Å². The predicted molar refractivity (Wildman–Crippen MR) is 48.0 cm³/mol. The summed E-state index contributed by atoms with van der Waals surface area (Å²) in [6.45, 7) is 1.25. The lowest BCUT2D eigenvalue weighted by Gasteiger charge is -2.10. The first-order chi connectivity index (χ1) is 6.57. The molecule has 14 heavy (non-hydrogen) atoms. The van der Waals surface area contributed by atoms with Crippen LogP contribution in [0.2, 0.25) is 0 Å². The van der Waals surface area contributed by atoms with E-state index < -0.39 is 6.43 Å². The number of hydrogen-bond acceptors (Lipinski definition) is 2. The molecule has 76 valence electrons. The summed E-state index contributed by atoms with van der Waals surface area (Å²) in [4.78, 5) is 11.0. The monoisotopic (exact) mass is 200 g/mol. The van der Waals surface area contributed by atoms with E-state index in [4.69, 9.17) is 4.74 Å². The van der Waals surface area contributed by atoms with Gasteiger partial charge in [-0.05, 0) is 13.0 Å². The number of rotatable bonds is 3. The molecule has 0 N–H and O–H groups in total. The first-order valence-corrected chi connectivity index (χ1v) is 4.04. The molecule has 1 rings (SSSR count). The van der Waals surface area contributed by atoms with Gasteiger partial charge in [0.15, 0.2) is 5.78 Å². The van der Waals surface area contributed by atoms with Crippen LogP contribution in [0.4, 0.5) is 8.78 Å². The largest absolute Gasteiger partial charge is 0.496 e. The molecule has 0 aliphatic carbocycles. The molecular formula is C10H10F2O2. The fourth-order valence-electron chi connectivity index (χ4n) is 1.25. The first-order valence-electron chi connectivity index (χ1n) is 4.04. The Morgan fingerprint density at radius 3 is 2.50 bits per heavy atom. The zero-order valence-electron chi connectivity index (χ0n) is 7.88. The smallest absolute Gasteiger partial charge is 0.268 e. The van der Waals surface area contributed by atoms with E-state index in [1.165, 1.54) is 32.2 Å². The number of carbonyl (C=O) groups excluding carboxylic acids is 1. The van der Waals surface area contributed by atoms with Crippen LogP contribution in [0.15, 0.2) is 18.2 Å². The summed E-state index contributed by atoms with van der Waals surface area (Å²) < 4.78 is 30.0. The van der Waals surface area contributed by atoms with Gasteiger partial charge >= 0.3 is 0 Å². The van der Waals surface area contributed by atoms with Crippen molar-refractivity contribution in [3.8, 4) is 5.75 Å². The van der Waals surface area contributed by atoms with E-state index in [0.717, 1.165) is 0 Å². The summed E-state index contributed by atoms with van der Waals surface area (Å²) in [5.74, 6) is -0.341. The summed E-state index contributed by atoms with van der Waals surface area (Å²) in [6, 6.07) is 4.29. The molecule has 0 aromatic heterocycles. The second-order valence-corrected chi connectivity index (χ2v) is 2.78. The van der Waals surface area contributed by atoms with Crippen molar-refractivity contribution in [3.63, 3.8) is 0 Å². The van der Waals surface area contributed by atoms with Crippen LogP contribution < -0.4 is 4.74 Å². The summed E-state index contributed by atoms with van der Waals surface area (Å²) in [6.07, 6.45) is -2.70. The number of halogens is 2. The topological polar surface area (TPSA) is 26.3 Å². The number of ketones is 1. The van der Waals surface area contributed by atoms with Gasteiger partial charge in [0.1, 0.15) is 5.75 Å². The van der Waals surface area contributed by atoms with Crippen molar-refractivity contribution < 1.29 is 18.3 Å². The Labute approximate surface area is 80.5 Å². The third-order valence-corrected chi connectivity index (χ3v) is 1.88. The number of alkyl halides is 2. The van der Waals surface area contributed by atoms with Gasteiger partial charge in [-0.25, -0.2) is 8.78 Å². The molecular weight excluding hydrogens is 190 g/mol. The van der Waals surface area contributed by atoms with E-state index in [-0.39, 0.29) is 22.7 Å². The third kappa shape index (κ3) is 1.89. The van der Waals surface area contributed by atoms with E-state index >= 15 is 0 Å². The Morgan fingerprint density at radius 1 is 1.43 bits per heavy atom. The van der Waals surface area contributed by atoms with E-state index in [1.54, 1.807) is 0 Å². The SMILES string of the molecule is COc1cccc(C(C)=O)c1C(F)F. The molecule has 2 nitrogen and oxygen atoms in total. The van der Waals surface area contributed by atoms with Crippen LogP contribution in [0.25, 0.3) is 0 Å². The van der Waals surface area contributed by atoms with Gasteiger partial charge in [-0.3, -0.25) is 4.79 Å². The van der Waals surface area contributed by atoms with Gasteiger partial charge in [0.25, 0.3) is 6.43 Å². The maximum atomic E-state index is 12.6. The lowest BCUT2D eigenvalue weighted by Crippen LogP contribution is -2.02. The van der Waals surface area contributed by atoms with E-state index in [9.17, 15) is 13.6 Å². The van der Waals surface area contributed by atoms with Crippen LogP contribution in [-0.2, 0) is 0 Å². The molecule has 0 fully saturated rings. The Bertz CT molecular complexity index is 348. The maximum absolute atomic E-state index is 12.6. The third-order valence-electron chi connectivity index (χ3n) is 1.88. The number of hydrogen-bond donors (Lipinski definition) is 0. The fraction of sp³-hybridized carbons (Fsp3) is 0.300. The number of methoxy groups -OCH3 is 1. The Hall–Kier alpha value is -1.45. The van der Waals surface area contributed by atoms with Crippen molar-refractivity contribution in [2.45, 2.75) is 13.3 Å². The van der Waals surface area contributed by atoms with Crippen molar-refractivity contribution in [2.75, 3.05) is 7.11 Å². The van der Waals surface area contributed by atoms with Gasteiger partial charge in [0.2, 0.25) is 0 Å². The highest BCUT2D eigenvalue weighted by atomic mass is 19.3. The van der Waals surface area contributed by atoms with Crippen molar-refractivity contribution in [1.29, 1.82) is 0 Å². The van der Waals surface area contributed by atoms with E-state index in [0.29, 0.717) is 0 Å². The average Bonchev–Trinajstić information content (AvgIpc) is 2.16. The number of Topliss-reactive ketones (excluding diaryl/α,β-unsaturated/α-hetero) is 1. The Morgan fingerprint density at radius 2 is 2.07 bits per heavy atom. The molecule has 0 amide bonds. The quantitative estimate of drug-likeness (QED) is 0.701. The minimum Gasteiger partial charge on any atom is -0.496 e. The lowest BCUT2D eigenvalue weighted by atomic mass is 10.0. The number of ether oxygens (including phenoxy) is 1. The normalized spacial score (nSPS) is 10.4.